The van der Waals surface area contributed by atoms with Crippen LogP contribution in [0.3, 0.4) is 0 Å². The summed E-state index contributed by atoms with van der Waals surface area (Å²) in [5.74, 6) is -0.701. The lowest BCUT2D eigenvalue weighted by Crippen LogP contribution is -2.48. The molecule has 1 saturated heterocycles. The van der Waals surface area contributed by atoms with Crippen molar-refractivity contribution in [2.24, 2.45) is 0 Å². The van der Waals surface area contributed by atoms with Crippen LogP contribution in [0.1, 0.15) is 57.8 Å². The van der Waals surface area contributed by atoms with Gasteiger partial charge in [0, 0.05) is 19.1 Å². The Morgan fingerprint density at radius 2 is 2.11 bits per heavy atom. The van der Waals surface area contributed by atoms with Gasteiger partial charge in [0.15, 0.2) is 0 Å². The minimum atomic E-state index is -0.701. The van der Waals surface area contributed by atoms with E-state index in [0.717, 1.165) is 32.4 Å². The molecule has 0 amide bonds. The van der Waals surface area contributed by atoms with Crippen LogP contribution in [0, 0.1) is 0 Å². The number of nitrogens with one attached hydrogen (secondary N) is 1. The molecule has 2 N–H and O–H groups in total. The Morgan fingerprint density at radius 3 is 2.83 bits per heavy atom. The van der Waals surface area contributed by atoms with Crippen molar-refractivity contribution in [1.29, 1.82) is 0 Å². The van der Waals surface area contributed by atoms with Crippen LogP contribution in [0.4, 0.5) is 0 Å². The van der Waals surface area contributed by atoms with Gasteiger partial charge in [-0.15, -0.1) is 0 Å². The molecule has 0 aromatic rings. The van der Waals surface area contributed by atoms with Crippen molar-refractivity contribution in [3.05, 3.63) is 0 Å². The first kappa shape index (κ1) is 13.8. The van der Waals surface area contributed by atoms with Crippen LogP contribution in [0.5, 0.6) is 0 Å². The first-order valence-corrected chi connectivity index (χ1v) is 7.29. The van der Waals surface area contributed by atoms with Crippen molar-refractivity contribution >= 4 is 5.97 Å². The molecule has 4 heteroatoms. The Labute approximate surface area is 109 Å². The van der Waals surface area contributed by atoms with Crippen LogP contribution in [-0.2, 0) is 9.53 Å². The Bertz CT molecular complexity index is 269. The van der Waals surface area contributed by atoms with E-state index in [-0.39, 0.29) is 12.0 Å². The summed E-state index contributed by atoms with van der Waals surface area (Å²) in [6, 6.07) is 0.519. The summed E-state index contributed by atoms with van der Waals surface area (Å²) in [5, 5.41) is 12.1. The van der Waals surface area contributed by atoms with Gasteiger partial charge in [0.2, 0.25) is 0 Å². The Hall–Kier alpha value is -0.610. The highest BCUT2D eigenvalue weighted by Crippen LogP contribution is 2.38. The highest BCUT2D eigenvalue weighted by atomic mass is 16.5. The van der Waals surface area contributed by atoms with Crippen LogP contribution >= 0.6 is 0 Å². The quantitative estimate of drug-likeness (QED) is 0.740. The fourth-order valence-corrected chi connectivity index (χ4v) is 3.29. The Morgan fingerprint density at radius 1 is 1.33 bits per heavy atom. The second-order valence-electron chi connectivity index (χ2n) is 5.73. The molecule has 0 radical (unpaired) electrons. The largest absolute Gasteiger partial charge is 0.481 e. The predicted molar refractivity (Wildman–Crippen MR) is 69.7 cm³/mol. The number of hydrogen-bond donors (Lipinski definition) is 2. The number of carbonyl (C=O) groups is 1. The average Bonchev–Trinajstić information content (AvgIpc) is 2.36. The fourth-order valence-electron chi connectivity index (χ4n) is 3.29. The Balaban J connectivity index is 1.71. The maximum atomic E-state index is 10.4. The van der Waals surface area contributed by atoms with E-state index in [1.54, 1.807) is 0 Å². The topological polar surface area (TPSA) is 58.6 Å². The van der Waals surface area contributed by atoms with Gasteiger partial charge in [0.1, 0.15) is 0 Å². The Kier molecular flexibility index (Phi) is 5.01. The van der Waals surface area contributed by atoms with Gasteiger partial charge in [-0.25, -0.2) is 0 Å². The van der Waals surface area contributed by atoms with E-state index in [1.165, 1.54) is 32.1 Å². The van der Waals surface area contributed by atoms with Crippen molar-refractivity contribution in [2.45, 2.75) is 69.4 Å². The molecule has 104 valence electrons. The summed E-state index contributed by atoms with van der Waals surface area (Å²) in [4.78, 5) is 10.4. The van der Waals surface area contributed by atoms with Gasteiger partial charge in [-0.1, -0.05) is 19.3 Å². The molecule has 2 rings (SSSR count). The molecule has 0 aromatic carbocycles. The summed E-state index contributed by atoms with van der Waals surface area (Å²) in [6.45, 7) is 1.67. The molecule has 0 aromatic heterocycles. The van der Waals surface area contributed by atoms with Crippen LogP contribution in [0.15, 0.2) is 0 Å². The third-order valence-corrected chi connectivity index (χ3v) is 4.26. The van der Waals surface area contributed by atoms with Crippen LogP contribution in [0.2, 0.25) is 0 Å². The monoisotopic (exact) mass is 255 g/mol. The van der Waals surface area contributed by atoms with E-state index in [1.807, 2.05) is 0 Å². The second kappa shape index (κ2) is 6.53. The number of ether oxygens (including phenoxy) is 1. The van der Waals surface area contributed by atoms with Crippen molar-refractivity contribution in [2.75, 3.05) is 13.2 Å². The minimum Gasteiger partial charge on any atom is -0.481 e. The van der Waals surface area contributed by atoms with Gasteiger partial charge in [0.25, 0.3) is 0 Å². The van der Waals surface area contributed by atoms with Gasteiger partial charge in [-0.05, 0) is 38.6 Å². The highest BCUT2D eigenvalue weighted by molar-refractivity contribution is 5.66. The first-order chi connectivity index (χ1) is 8.70. The van der Waals surface area contributed by atoms with Crippen molar-refractivity contribution in [3.63, 3.8) is 0 Å². The van der Waals surface area contributed by atoms with Gasteiger partial charge in [-0.2, -0.15) is 0 Å². The standard InChI is InChI=1S/C14H25NO3/c16-13(17)5-4-9-15-12-6-10-18-14(11-12)7-2-1-3-8-14/h12,15H,1-11H2,(H,16,17). The molecule has 1 atom stereocenters. The molecule has 1 heterocycles. The third kappa shape index (κ3) is 3.95. The maximum Gasteiger partial charge on any atom is 0.303 e. The molecule has 0 bridgehead atoms. The van der Waals surface area contributed by atoms with E-state index >= 15 is 0 Å². The smallest absolute Gasteiger partial charge is 0.303 e. The lowest BCUT2D eigenvalue weighted by atomic mass is 9.78. The molecule has 1 unspecified atom stereocenters. The van der Waals surface area contributed by atoms with E-state index in [4.69, 9.17) is 9.84 Å². The molecular weight excluding hydrogens is 230 g/mol. The lowest BCUT2D eigenvalue weighted by Gasteiger charge is -2.43. The number of carboxylic acids is 1. The van der Waals surface area contributed by atoms with Gasteiger partial charge >= 0.3 is 5.97 Å². The van der Waals surface area contributed by atoms with Crippen molar-refractivity contribution < 1.29 is 14.6 Å². The van der Waals surface area contributed by atoms with Gasteiger partial charge < -0.3 is 15.2 Å². The fraction of sp³-hybridized carbons (Fsp3) is 0.929. The number of aliphatic carboxylic acids is 1. The molecular formula is C14H25NO3. The molecule has 4 nitrogen and oxygen atoms in total. The molecule has 1 spiro atoms. The molecule has 2 aliphatic rings. The van der Waals surface area contributed by atoms with Crippen LogP contribution < -0.4 is 5.32 Å². The van der Waals surface area contributed by atoms with Gasteiger partial charge in [0.05, 0.1) is 5.60 Å². The van der Waals surface area contributed by atoms with E-state index in [9.17, 15) is 4.79 Å². The summed E-state index contributed by atoms with van der Waals surface area (Å²) in [7, 11) is 0. The van der Waals surface area contributed by atoms with Crippen molar-refractivity contribution in [1.82, 2.24) is 5.32 Å². The van der Waals surface area contributed by atoms with E-state index in [0.29, 0.717) is 6.04 Å². The normalized spacial score (nSPS) is 27.2. The zero-order chi connectivity index (χ0) is 12.8. The second-order valence-corrected chi connectivity index (χ2v) is 5.73. The summed E-state index contributed by atoms with van der Waals surface area (Å²) < 4.78 is 6.05. The zero-order valence-corrected chi connectivity index (χ0v) is 11.1. The zero-order valence-electron chi connectivity index (χ0n) is 11.1. The first-order valence-electron chi connectivity index (χ1n) is 7.29. The molecule has 1 aliphatic carbocycles. The third-order valence-electron chi connectivity index (χ3n) is 4.26. The molecule has 1 aliphatic heterocycles. The highest BCUT2D eigenvalue weighted by Gasteiger charge is 2.38. The van der Waals surface area contributed by atoms with Crippen LogP contribution in [-0.4, -0.2) is 35.9 Å². The number of rotatable bonds is 5. The minimum absolute atomic E-state index is 0.140. The maximum absolute atomic E-state index is 10.4. The summed E-state index contributed by atoms with van der Waals surface area (Å²) in [6.07, 6.45) is 9.52. The van der Waals surface area contributed by atoms with E-state index < -0.39 is 5.97 Å². The molecule has 2 fully saturated rings. The number of hydrogen-bond acceptors (Lipinski definition) is 3. The molecule has 18 heavy (non-hydrogen) atoms. The lowest BCUT2D eigenvalue weighted by molar-refractivity contribution is -0.137. The molecule has 1 saturated carbocycles. The van der Waals surface area contributed by atoms with Crippen LogP contribution in [0.25, 0.3) is 0 Å². The predicted octanol–water partition coefficient (Wildman–Crippen LogP) is 2.32. The van der Waals surface area contributed by atoms with Crippen molar-refractivity contribution in [3.8, 4) is 0 Å². The SMILES string of the molecule is O=C(O)CCCNC1CCOC2(CCCCC2)C1. The summed E-state index contributed by atoms with van der Waals surface area (Å²) in [5.41, 5.74) is 0.140. The average molecular weight is 255 g/mol. The van der Waals surface area contributed by atoms with Gasteiger partial charge in [-0.3, -0.25) is 4.79 Å². The van der Waals surface area contributed by atoms with E-state index in [2.05, 4.69) is 5.32 Å². The summed E-state index contributed by atoms with van der Waals surface area (Å²) >= 11 is 0. The number of carboxylic acid groups (broad SMARTS) is 1.